The highest BCUT2D eigenvalue weighted by Crippen LogP contribution is 2.23. The minimum Gasteiger partial charge on any atom is -0.144 e. The van der Waals surface area contributed by atoms with E-state index in [0.717, 1.165) is 5.46 Å². The van der Waals surface area contributed by atoms with Gasteiger partial charge in [-0.3, -0.25) is 0 Å². The molecule has 1 aromatic carbocycles. The minimum absolute atomic E-state index is 0.815. The van der Waals surface area contributed by atoms with Crippen LogP contribution in [0.2, 0.25) is 0 Å². The largest absolute Gasteiger partial charge is 0.144 e. The molecule has 12 heavy (non-hydrogen) atoms. The average molecular weight is 170 g/mol. The lowest BCUT2D eigenvalue weighted by atomic mass is 9.95. The van der Waals surface area contributed by atoms with Gasteiger partial charge in [0.1, 0.15) is 7.85 Å². The van der Waals surface area contributed by atoms with Crippen molar-refractivity contribution in [1.29, 1.82) is 0 Å². The molecular formula is C10H7BS. The normalized spacial score (nSPS) is 10.0. The van der Waals surface area contributed by atoms with Crippen molar-refractivity contribution in [2.24, 2.45) is 0 Å². The van der Waals surface area contributed by atoms with E-state index in [2.05, 4.69) is 17.5 Å². The summed E-state index contributed by atoms with van der Waals surface area (Å²) < 4.78 is 0. The molecule has 2 aromatic rings. The molecule has 0 saturated carbocycles. The van der Waals surface area contributed by atoms with Crippen LogP contribution in [0, 0.1) is 0 Å². The van der Waals surface area contributed by atoms with E-state index in [-0.39, 0.29) is 0 Å². The number of hydrogen-bond donors (Lipinski definition) is 0. The zero-order chi connectivity index (χ0) is 8.39. The van der Waals surface area contributed by atoms with Crippen LogP contribution in [0.15, 0.2) is 41.8 Å². The van der Waals surface area contributed by atoms with Crippen LogP contribution in [0.25, 0.3) is 10.4 Å². The second-order valence-corrected chi connectivity index (χ2v) is 3.55. The Labute approximate surface area is 77.3 Å². The third kappa shape index (κ3) is 1.43. The van der Waals surface area contributed by atoms with Crippen LogP contribution in [0.1, 0.15) is 0 Å². The quantitative estimate of drug-likeness (QED) is 0.575. The number of benzene rings is 1. The lowest BCUT2D eigenvalue weighted by molar-refractivity contribution is 1.74. The van der Waals surface area contributed by atoms with E-state index in [1.165, 1.54) is 10.4 Å². The molecule has 2 rings (SSSR count). The topological polar surface area (TPSA) is 0 Å². The Hall–Kier alpha value is -1.02. The molecule has 0 amide bonds. The van der Waals surface area contributed by atoms with Gasteiger partial charge >= 0.3 is 0 Å². The Bertz CT molecular complexity index is 348. The second kappa shape index (κ2) is 3.15. The van der Waals surface area contributed by atoms with Crippen molar-refractivity contribution in [3.8, 4) is 10.4 Å². The van der Waals surface area contributed by atoms with E-state index < -0.39 is 0 Å². The Morgan fingerprint density at radius 3 is 2.33 bits per heavy atom. The molecule has 0 N–H and O–H groups in total. The van der Waals surface area contributed by atoms with Crippen molar-refractivity contribution in [3.63, 3.8) is 0 Å². The summed E-state index contributed by atoms with van der Waals surface area (Å²) >= 11 is 1.74. The molecular weight excluding hydrogens is 163 g/mol. The van der Waals surface area contributed by atoms with Gasteiger partial charge in [0.15, 0.2) is 0 Å². The number of thiophene rings is 1. The minimum atomic E-state index is 0.815. The molecule has 0 aliphatic carbocycles. The fourth-order valence-electron chi connectivity index (χ4n) is 1.09. The first kappa shape index (κ1) is 7.62. The molecule has 0 aliphatic heterocycles. The van der Waals surface area contributed by atoms with Gasteiger partial charge in [0.2, 0.25) is 0 Å². The van der Waals surface area contributed by atoms with Gasteiger partial charge in [-0.15, -0.1) is 11.3 Å². The van der Waals surface area contributed by atoms with E-state index in [1.807, 2.05) is 24.3 Å². The molecule has 0 unspecified atom stereocenters. The lowest BCUT2D eigenvalue weighted by Gasteiger charge is -1.96. The van der Waals surface area contributed by atoms with Crippen molar-refractivity contribution in [2.75, 3.05) is 0 Å². The van der Waals surface area contributed by atoms with Crippen LogP contribution < -0.4 is 5.46 Å². The predicted molar refractivity (Wildman–Crippen MR) is 55.1 cm³/mol. The molecule has 2 heteroatoms. The molecule has 56 valence electrons. The summed E-state index contributed by atoms with van der Waals surface area (Å²) in [4.78, 5) is 1.29. The number of hydrogen-bond acceptors (Lipinski definition) is 1. The van der Waals surface area contributed by atoms with Gasteiger partial charge in [-0.25, -0.2) is 0 Å². The maximum atomic E-state index is 5.58. The van der Waals surface area contributed by atoms with Gasteiger partial charge in [-0.05, 0) is 17.0 Å². The van der Waals surface area contributed by atoms with Crippen molar-refractivity contribution >= 4 is 24.6 Å². The summed E-state index contributed by atoms with van der Waals surface area (Å²) in [6.07, 6.45) is 0. The molecule has 0 fully saturated rings. The van der Waals surface area contributed by atoms with E-state index in [1.54, 1.807) is 11.3 Å². The summed E-state index contributed by atoms with van der Waals surface area (Å²) in [6, 6.07) is 12.1. The molecule has 0 bridgehead atoms. The van der Waals surface area contributed by atoms with Gasteiger partial charge in [0.25, 0.3) is 0 Å². The molecule has 0 aliphatic rings. The fraction of sp³-hybridized carbons (Fsp3) is 0. The summed E-state index contributed by atoms with van der Waals surface area (Å²) in [7, 11) is 5.58. The molecule has 0 spiro atoms. The first-order valence-electron chi connectivity index (χ1n) is 3.76. The SMILES string of the molecule is [B]c1ccc(-c2cccs2)cc1. The molecule has 0 atom stereocenters. The lowest BCUT2D eigenvalue weighted by Crippen LogP contribution is -1.98. The Morgan fingerprint density at radius 1 is 1.00 bits per heavy atom. The van der Waals surface area contributed by atoms with Gasteiger partial charge in [-0.2, -0.15) is 0 Å². The Balaban J connectivity index is 2.43. The molecule has 0 saturated heterocycles. The zero-order valence-electron chi connectivity index (χ0n) is 6.53. The van der Waals surface area contributed by atoms with Crippen LogP contribution in [0.5, 0.6) is 0 Å². The van der Waals surface area contributed by atoms with Gasteiger partial charge in [-0.1, -0.05) is 35.8 Å². The first-order valence-corrected chi connectivity index (χ1v) is 4.63. The second-order valence-electron chi connectivity index (χ2n) is 2.60. The summed E-state index contributed by atoms with van der Waals surface area (Å²) in [5.74, 6) is 0. The van der Waals surface area contributed by atoms with Crippen molar-refractivity contribution in [2.45, 2.75) is 0 Å². The fourth-order valence-corrected chi connectivity index (χ4v) is 1.82. The summed E-state index contributed by atoms with van der Waals surface area (Å²) in [6.45, 7) is 0. The van der Waals surface area contributed by atoms with E-state index in [9.17, 15) is 0 Å². The third-order valence-electron chi connectivity index (χ3n) is 1.72. The van der Waals surface area contributed by atoms with E-state index in [0.29, 0.717) is 0 Å². The van der Waals surface area contributed by atoms with Crippen LogP contribution in [-0.4, -0.2) is 7.85 Å². The van der Waals surface area contributed by atoms with Gasteiger partial charge < -0.3 is 0 Å². The van der Waals surface area contributed by atoms with Crippen LogP contribution in [0.4, 0.5) is 0 Å². The highest BCUT2D eigenvalue weighted by atomic mass is 32.1. The van der Waals surface area contributed by atoms with Crippen LogP contribution in [-0.2, 0) is 0 Å². The highest BCUT2D eigenvalue weighted by Gasteiger charge is 1.95. The maximum Gasteiger partial charge on any atom is 0.113 e. The molecule has 1 heterocycles. The average Bonchev–Trinajstić information content (AvgIpc) is 2.58. The van der Waals surface area contributed by atoms with Crippen LogP contribution in [0.3, 0.4) is 0 Å². The highest BCUT2D eigenvalue weighted by molar-refractivity contribution is 7.13. The number of rotatable bonds is 1. The summed E-state index contributed by atoms with van der Waals surface area (Å²) in [5.41, 5.74) is 2.05. The van der Waals surface area contributed by atoms with Crippen molar-refractivity contribution in [1.82, 2.24) is 0 Å². The molecule has 2 radical (unpaired) electrons. The zero-order valence-corrected chi connectivity index (χ0v) is 7.34. The summed E-state index contributed by atoms with van der Waals surface area (Å²) in [5, 5.41) is 2.08. The Morgan fingerprint density at radius 2 is 1.75 bits per heavy atom. The molecule has 1 aromatic heterocycles. The van der Waals surface area contributed by atoms with Gasteiger partial charge in [0.05, 0.1) is 0 Å². The van der Waals surface area contributed by atoms with Crippen molar-refractivity contribution in [3.05, 3.63) is 41.8 Å². The van der Waals surface area contributed by atoms with E-state index >= 15 is 0 Å². The maximum absolute atomic E-state index is 5.58. The smallest absolute Gasteiger partial charge is 0.113 e. The predicted octanol–water partition coefficient (Wildman–Crippen LogP) is 2.21. The first-order chi connectivity index (χ1) is 5.86. The third-order valence-corrected chi connectivity index (χ3v) is 2.64. The van der Waals surface area contributed by atoms with Crippen molar-refractivity contribution < 1.29 is 0 Å². The van der Waals surface area contributed by atoms with Crippen LogP contribution >= 0.6 is 11.3 Å². The van der Waals surface area contributed by atoms with Gasteiger partial charge in [0, 0.05) is 4.88 Å². The monoisotopic (exact) mass is 170 g/mol. The standard InChI is InChI=1S/C10H7BS/c11-9-5-3-8(4-6-9)10-2-1-7-12-10/h1-7H. The van der Waals surface area contributed by atoms with E-state index in [4.69, 9.17) is 7.85 Å². The Kier molecular flexibility index (Phi) is 2.00. The molecule has 0 nitrogen and oxygen atoms in total.